The Labute approximate surface area is 166 Å². The lowest BCUT2D eigenvalue weighted by molar-refractivity contribution is -0.143. The predicted molar refractivity (Wildman–Crippen MR) is 96.3 cm³/mol. The van der Waals surface area contributed by atoms with E-state index >= 15 is 0 Å². The molecule has 0 fully saturated rings. The van der Waals surface area contributed by atoms with Crippen LogP contribution in [0.25, 0.3) is 0 Å². The topological polar surface area (TPSA) is 125 Å². The Balaban J connectivity index is 4.87. The fourth-order valence-corrected chi connectivity index (χ4v) is 2.23. The van der Waals surface area contributed by atoms with Gasteiger partial charge in [0.1, 0.15) is 25.2 Å². The summed E-state index contributed by atoms with van der Waals surface area (Å²) in [6.07, 6.45) is -0.970. The molecule has 0 aliphatic heterocycles. The Morgan fingerprint density at radius 2 is 1.69 bits per heavy atom. The molecular weight excluding hydrogens is 413 g/mol. The highest BCUT2D eigenvalue weighted by Crippen LogP contribution is 2.25. The van der Waals surface area contributed by atoms with Crippen molar-refractivity contribution in [3.05, 3.63) is 0 Å². The largest absolute Gasteiger partial charge is 0.480 e. The molecule has 9 nitrogen and oxygen atoms in total. The molecule has 0 rings (SSSR count). The van der Waals surface area contributed by atoms with Crippen molar-refractivity contribution >= 4 is 58.7 Å². The Hall–Kier alpha value is -1.45. The van der Waals surface area contributed by atoms with Gasteiger partial charge in [0.05, 0.1) is 0 Å². The van der Waals surface area contributed by atoms with Gasteiger partial charge in [-0.1, -0.05) is 48.7 Å². The number of carbonyl (C=O) groups excluding carboxylic acids is 3. The summed E-state index contributed by atoms with van der Waals surface area (Å²) in [5.41, 5.74) is 0. The number of halogens is 3. The van der Waals surface area contributed by atoms with Gasteiger partial charge in [-0.3, -0.25) is 14.4 Å². The molecule has 0 radical (unpaired) electrons. The second-order valence-electron chi connectivity index (χ2n) is 5.81. The van der Waals surface area contributed by atoms with Gasteiger partial charge in [0.25, 0.3) is 0 Å². The number of carboxylic acid groups (broad SMARTS) is 1. The van der Waals surface area contributed by atoms with Crippen LogP contribution >= 0.6 is 34.8 Å². The fourth-order valence-electron chi connectivity index (χ4n) is 2.06. The van der Waals surface area contributed by atoms with Crippen LogP contribution in [0.4, 0.5) is 4.79 Å². The minimum absolute atomic E-state index is 0.304. The Kier molecular flexibility index (Phi) is 10.0. The van der Waals surface area contributed by atoms with Crippen LogP contribution in [0.2, 0.25) is 0 Å². The lowest BCUT2D eigenvalue weighted by Crippen LogP contribution is -2.55. The summed E-state index contributed by atoms with van der Waals surface area (Å²) in [6.45, 7) is 3.71. The third-order valence-corrected chi connectivity index (χ3v) is 3.48. The molecule has 0 heterocycles. The van der Waals surface area contributed by atoms with E-state index in [9.17, 15) is 19.2 Å². The van der Waals surface area contributed by atoms with Crippen LogP contribution in [0.1, 0.15) is 20.8 Å². The number of ether oxygens (including phenoxy) is 1. The van der Waals surface area contributed by atoms with Gasteiger partial charge in [-0.15, -0.1) is 0 Å². The van der Waals surface area contributed by atoms with Gasteiger partial charge in [-0.05, 0) is 12.8 Å². The van der Waals surface area contributed by atoms with E-state index in [-0.39, 0.29) is 5.92 Å². The van der Waals surface area contributed by atoms with Gasteiger partial charge in [-0.2, -0.15) is 0 Å². The van der Waals surface area contributed by atoms with Crippen LogP contribution in [0.5, 0.6) is 0 Å². The summed E-state index contributed by atoms with van der Waals surface area (Å²) in [7, 11) is 1.37. The zero-order chi connectivity index (χ0) is 20.7. The normalized spacial score (nSPS) is 13.5. The molecule has 3 N–H and O–H groups in total. The van der Waals surface area contributed by atoms with Crippen molar-refractivity contribution in [2.45, 2.75) is 36.6 Å². The minimum atomic E-state index is -1.79. The highest BCUT2D eigenvalue weighted by atomic mass is 35.6. The molecule has 0 aliphatic rings. The second-order valence-corrected chi connectivity index (χ2v) is 8.32. The van der Waals surface area contributed by atoms with Crippen LogP contribution in [0.3, 0.4) is 0 Å². The van der Waals surface area contributed by atoms with E-state index in [4.69, 9.17) is 39.9 Å². The Bertz CT molecular complexity index is 539. The van der Waals surface area contributed by atoms with Gasteiger partial charge in [0.2, 0.25) is 15.6 Å². The Morgan fingerprint density at radius 3 is 2.12 bits per heavy atom. The van der Waals surface area contributed by atoms with Gasteiger partial charge in [0.15, 0.2) is 0 Å². The average molecular weight is 435 g/mol. The maximum atomic E-state index is 12.4. The van der Waals surface area contributed by atoms with E-state index in [1.165, 1.54) is 14.0 Å². The lowest BCUT2D eigenvalue weighted by atomic mass is 10.0. The highest BCUT2D eigenvalue weighted by Gasteiger charge is 2.33. The van der Waals surface area contributed by atoms with Crippen LogP contribution < -0.4 is 10.6 Å². The SMILES string of the molecule is CC(C)[C@@H](C(=O)NCC(=O)O)N(C)C(=O)[C@H](C)NC(=O)OCC(Cl)(Cl)Cl. The summed E-state index contributed by atoms with van der Waals surface area (Å²) in [6, 6.07) is -1.96. The molecule has 3 amide bonds. The van der Waals surface area contributed by atoms with Crippen molar-refractivity contribution in [2.24, 2.45) is 5.92 Å². The lowest BCUT2D eigenvalue weighted by Gasteiger charge is -2.32. The number of aliphatic carboxylic acids is 1. The molecule has 2 atom stereocenters. The number of alkyl carbamates (subject to hydrolysis) is 1. The monoisotopic (exact) mass is 433 g/mol. The number of rotatable bonds is 8. The fraction of sp³-hybridized carbons (Fsp3) is 0.714. The third kappa shape index (κ3) is 9.30. The van der Waals surface area contributed by atoms with Gasteiger partial charge < -0.3 is 25.4 Å². The van der Waals surface area contributed by atoms with Crippen LogP contribution in [-0.2, 0) is 19.1 Å². The van der Waals surface area contributed by atoms with Crippen molar-refractivity contribution in [3.63, 3.8) is 0 Å². The van der Waals surface area contributed by atoms with E-state index in [1.807, 2.05) is 0 Å². The van der Waals surface area contributed by atoms with Crippen LogP contribution in [0.15, 0.2) is 0 Å². The number of carbonyl (C=O) groups is 4. The maximum Gasteiger partial charge on any atom is 0.407 e. The molecule has 0 saturated carbocycles. The zero-order valence-corrected chi connectivity index (χ0v) is 17.0. The van der Waals surface area contributed by atoms with E-state index in [0.717, 1.165) is 4.90 Å². The number of hydrogen-bond acceptors (Lipinski definition) is 5. The van der Waals surface area contributed by atoms with Gasteiger partial charge >= 0.3 is 12.1 Å². The third-order valence-electron chi connectivity index (χ3n) is 3.15. The summed E-state index contributed by atoms with van der Waals surface area (Å²) >= 11 is 16.4. The molecule has 12 heteroatoms. The quantitative estimate of drug-likeness (QED) is 0.492. The first-order valence-electron chi connectivity index (χ1n) is 7.52. The van der Waals surface area contributed by atoms with E-state index in [2.05, 4.69) is 15.4 Å². The number of alkyl halides is 3. The molecule has 0 saturated heterocycles. The molecule has 26 heavy (non-hydrogen) atoms. The van der Waals surface area contributed by atoms with Gasteiger partial charge in [-0.25, -0.2) is 4.79 Å². The summed E-state index contributed by atoms with van der Waals surface area (Å²) < 4.78 is 2.88. The number of carboxylic acids is 1. The van der Waals surface area contributed by atoms with E-state index in [1.54, 1.807) is 13.8 Å². The first-order valence-corrected chi connectivity index (χ1v) is 8.65. The number of nitrogens with one attached hydrogen (secondary N) is 2. The van der Waals surface area contributed by atoms with Gasteiger partial charge in [0, 0.05) is 7.05 Å². The predicted octanol–water partition coefficient (Wildman–Crippen LogP) is 1.16. The summed E-state index contributed by atoms with van der Waals surface area (Å²) in [5.74, 6) is -2.72. The average Bonchev–Trinajstić information content (AvgIpc) is 2.49. The highest BCUT2D eigenvalue weighted by molar-refractivity contribution is 6.67. The summed E-state index contributed by atoms with van der Waals surface area (Å²) in [5, 5.41) is 13.1. The maximum absolute atomic E-state index is 12.4. The van der Waals surface area contributed by atoms with Crippen LogP contribution in [0, 0.1) is 5.92 Å². The summed E-state index contributed by atoms with van der Waals surface area (Å²) in [4.78, 5) is 47.9. The molecule has 0 unspecified atom stereocenters. The number of nitrogens with zero attached hydrogens (tertiary/aromatic N) is 1. The minimum Gasteiger partial charge on any atom is -0.480 e. The van der Waals surface area contributed by atoms with Crippen molar-refractivity contribution in [1.82, 2.24) is 15.5 Å². The van der Waals surface area contributed by atoms with E-state index in [0.29, 0.717) is 0 Å². The first-order chi connectivity index (χ1) is 11.8. The molecular formula is C14H22Cl3N3O6. The Morgan fingerprint density at radius 1 is 1.15 bits per heavy atom. The second kappa shape index (κ2) is 10.6. The van der Waals surface area contributed by atoms with Crippen molar-refractivity contribution in [1.29, 1.82) is 0 Å². The zero-order valence-electron chi connectivity index (χ0n) is 14.7. The molecule has 0 aromatic rings. The molecule has 0 spiro atoms. The molecule has 150 valence electrons. The number of hydrogen-bond donors (Lipinski definition) is 3. The van der Waals surface area contributed by atoms with Crippen molar-refractivity contribution in [2.75, 3.05) is 20.2 Å². The molecule has 0 aromatic heterocycles. The van der Waals surface area contributed by atoms with E-state index < -0.39 is 52.9 Å². The first kappa shape index (κ1) is 24.6. The molecule has 0 aromatic carbocycles. The van der Waals surface area contributed by atoms with Crippen LogP contribution in [-0.4, -0.2) is 70.0 Å². The standard InChI is InChI=1S/C14H22Cl3N3O6/c1-7(2)10(11(23)18-5-9(21)22)20(4)12(24)8(3)19-13(25)26-6-14(15,16)17/h7-8,10H,5-6H2,1-4H3,(H,18,23)(H,19,25)(H,21,22)/t8-,10-/m0/s1. The van der Waals surface area contributed by atoms with Crippen molar-refractivity contribution < 1.29 is 29.0 Å². The smallest absolute Gasteiger partial charge is 0.407 e. The van der Waals surface area contributed by atoms with Crippen molar-refractivity contribution in [3.8, 4) is 0 Å². The number of likely N-dealkylation sites (N-methyl/N-ethyl adjacent to an activating group) is 1. The number of amides is 3. The molecule has 0 aliphatic carbocycles. The molecule has 0 bridgehead atoms.